The maximum atomic E-state index is 15.2. The molecule has 1 aliphatic rings. The standard InChI is InChI=1S/C40H38F5N3O3S/c1-51-22-21-46-19-17-32(18-20-46)47(24-27-9-11-28(12-10-27)29-13-15-31(16-14-29)40(43,44)45)37(50)25-48-35-8-3-2-6-33(35)36(49)23-38(48)52-26-30-5-4-7-34(41)39(30)42/h2-16,23,32H,17-22,24-26H2,1H3/i1D3,2D,3D,6D,8D,23D,24D2,25D2. The van der Waals surface area contributed by atoms with Crippen LogP contribution in [0.2, 0.25) is 0 Å². The van der Waals surface area contributed by atoms with E-state index in [0.29, 0.717) is 32.4 Å². The number of ether oxygens (including phenoxy) is 1. The van der Waals surface area contributed by atoms with Gasteiger partial charge in [0.1, 0.15) is 6.50 Å². The third-order valence-corrected chi connectivity index (χ3v) is 9.49. The minimum Gasteiger partial charge on any atom is -0.383 e. The molecule has 1 aromatic heterocycles. The molecule has 0 N–H and O–H groups in total. The Morgan fingerprint density at radius 1 is 1.02 bits per heavy atom. The number of nitrogens with zero attached hydrogens (tertiary/aromatic N) is 3. The second kappa shape index (κ2) is 16.4. The number of alkyl halides is 3. The highest BCUT2D eigenvalue weighted by Gasteiger charge is 2.31. The van der Waals surface area contributed by atoms with Gasteiger partial charge in [0, 0.05) is 62.0 Å². The lowest BCUT2D eigenvalue weighted by molar-refractivity contribution is -0.137. The van der Waals surface area contributed by atoms with E-state index in [1.165, 1.54) is 48.5 Å². The molecule has 0 radical (unpaired) electrons. The lowest BCUT2D eigenvalue weighted by Crippen LogP contribution is -2.48. The molecule has 1 amide bonds. The Morgan fingerprint density at radius 2 is 1.71 bits per heavy atom. The maximum absolute atomic E-state index is 15.2. The molecule has 2 heterocycles. The van der Waals surface area contributed by atoms with Crippen molar-refractivity contribution in [2.75, 3.05) is 33.3 Å². The molecule has 0 unspecified atom stereocenters. The summed E-state index contributed by atoms with van der Waals surface area (Å²) in [6.45, 7) is -6.32. The minimum atomic E-state index is -4.59. The van der Waals surface area contributed by atoms with Crippen LogP contribution in [0.4, 0.5) is 22.0 Å². The van der Waals surface area contributed by atoms with Crippen LogP contribution < -0.4 is 5.43 Å². The van der Waals surface area contributed by atoms with Gasteiger partial charge in [0.2, 0.25) is 5.91 Å². The van der Waals surface area contributed by atoms with Gasteiger partial charge in [0.05, 0.1) is 39.2 Å². The van der Waals surface area contributed by atoms with Crippen LogP contribution in [-0.4, -0.2) is 59.6 Å². The number of para-hydroxylation sites is 1. The van der Waals surface area contributed by atoms with Crippen LogP contribution in [0.25, 0.3) is 22.0 Å². The smallest absolute Gasteiger partial charge is 0.383 e. The predicted octanol–water partition coefficient (Wildman–Crippen LogP) is 8.40. The number of carbonyl (C=O) groups excluding carboxylic acids is 1. The van der Waals surface area contributed by atoms with Crippen LogP contribution in [0, 0.1) is 11.6 Å². The normalized spacial score (nSPS) is 18.3. The van der Waals surface area contributed by atoms with Gasteiger partial charge >= 0.3 is 6.18 Å². The first kappa shape index (κ1) is 24.7. The summed E-state index contributed by atoms with van der Waals surface area (Å²) < 4.78 is 177. The first-order valence-corrected chi connectivity index (χ1v) is 17.0. The van der Waals surface area contributed by atoms with Crippen molar-refractivity contribution in [1.29, 1.82) is 0 Å². The summed E-state index contributed by atoms with van der Waals surface area (Å²) in [4.78, 5) is 31.4. The van der Waals surface area contributed by atoms with Crippen molar-refractivity contribution in [1.82, 2.24) is 14.4 Å². The average Bonchev–Trinajstić information content (AvgIpc) is 3.23. The van der Waals surface area contributed by atoms with E-state index in [9.17, 15) is 32.2 Å². The van der Waals surface area contributed by atoms with E-state index in [2.05, 4.69) is 0 Å². The van der Waals surface area contributed by atoms with Gasteiger partial charge in [-0.2, -0.15) is 13.2 Å². The molecular formula is C40H38F5N3O3S. The van der Waals surface area contributed by atoms with Crippen LogP contribution in [0.3, 0.4) is 0 Å². The number of amides is 1. The number of rotatable bonds is 12. The fraction of sp³-hybridized carbons (Fsp3) is 0.300. The Bertz CT molecular complexity index is 2630. The largest absolute Gasteiger partial charge is 0.416 e. The van der Waals surface area contributed by atoms with Crippen LogP contribution >= 0.6 is 11.8 Å². The van der Waals surface area contributed by atoms with E-state index in [1.807, 2.05) is 0 Å². The molecular weight excluding hydrogens is 698 g/mol. The molecule has 272 valence electrons. The zero-order valence-electron chi connectivity index (χ0n) is 39.2. The van der Waals surface area contributed by atoms with Gasteiger partial charge in [-0.25, -0.2) is 8.78 Å². The van der Waals surface area contributed by atoms with Gasteiger partial charge in [-0.15, -0.1) is 11.8 Å². The molecule has 12 heteroatoms. The molecule has 0 atom stereocenters. The van der Waals surface area contributed by atoms with E-state index >= 15 is 4.79 Å². The quantitative estimate of drug-likeness (QED) is 0.0949. The second-order valence-electron chi connectivity index (χ2n) is 11.8. The number of aromatic nitrogens is 1. The van der Waals surface area contributed by atoms with Gasteiger partial charge in [0.15, 0.2) is 17.1 Å². The number of halogens is 5. The van der Waals surface area contributed by atoms with E-state index in [4.69, 9.17) is 15.7 Å². The fourth-order valence-corrected chi connectivity index (χ4v) is 6.68. The fourth-order valence-electron chi connectivity index (χ4n) is 5.73. The van der Waals surface area contributed by atoms with E-state index < -0.39 is 113 Å². The van der Waals surface area contributed by atoms with Crippen molar-refractivity contribution in [3.05, 3.63) is 135 Å². The highest BCUT2D eigenvalue weighted by atomic mass is 32.2. The van der Waals surface area contributed by atoms with Crippen LogP contribution in [0.5, 0.6) is 0 Å². The third kappa shape index (κ3) is 8.74. The number of piperidine rings is 1. The number of fused-ring (bicyclic) bond motifs is 1. The molecule has 1 aliphatic heterocycles. The monoisotopic (exact) mass is 747 g/mol. The van der Waals surface area contributed by atoms with Crippen molar-refractivity contribution >= 4 is 28.6 Å². The van der Waals surface area contributed by atoms with Crippen molar-refractivity contribution in [3.8, 4) is 11.1 Å². The molecule has 4 aromatic carbocycles. The lowest BCUT2D eigenvalue weighted by atomic mass is 10.00. The van der Waals surface area contributed by atoms with Crippen molar-refractivity contribution in [2.24, 2.45) is 0 Å². The summed E-state index contributed by atoms with van der Waals surface area (Å²) in [5.41, 5.74) is -2.87. The number of hydrogen-bond donors (Lipinski definition) is 0. The van der Waals surface area contributed by atoms with Crippen molar-refractivity contribution in [3.63, 3.8) is 0 Å². The van der Waals surface area contributed by atoms with Gasteiger partial charge < -0.3 is 19.1 Å². The van der Waals surface area contributed by atoms with Gasteiger partial charge in [-0.1, -0.05) is 60.6 Å². The summed E-state index contributed by atoms with van der Waals surface area (Å²) >= 11 is 0.401. The summed E-state index contributed by atoms with van der Waals surface area (Å²) in [6, 6.07) is 6.64. The molecule has 0 bridgehead atoms. The topological polar surface area (TPSA) is 54.8 Å². The van der Waals surface area contributed by atoms with E-state index in [-0.39, 0.29) is 50.2 Å². The average molecular weight is 748 g/mol. The third-order valence-electron chi connectivity index (χ3n) is 8.48. The molecule has 6 nitrogen and oxygen atoms in total. The second-order valence-corrected chi connectivity index (χ2v) is 12.8. The summed E-state index contributed by atoms with van der Waals surface area (Å²) in [5, 5.41) is -1.59. The molecule has 6 rings (SSSR count). The highest BCUT2D eigenvalue weighted by Crippen LogP contribution is 2.32. The zero-order chi connectivity index (χ0) is 47.3. The molecule has 5 aromatic rings. The summed E-state index contributed by atoms with van der Waals surface area (Å²) in [6.07, 6.45) is -4.63. The van der Waals surface area contributed by atoms with Crippen molar-refractivity contribution < 1.29 is 47.9 Å². The molecule has 52 heavy (non-hydrogen) atoms. The SMILES string of the molecule is [2H]c1c([2H])c([2H])c2c(c1[2H])c(=O)c([2H])c(SCc1cccc(F)c1F)n2C([2H])([2H])C(=O)N(C1CCN(CCOC([2H])([2H])[2H])CC1)C([2H])([2H])c1ccc(-c2ccc(C(F)(F)F)cc2)cc1. The molecule has 0 saturated carbocycles. The number of hydrogen-bond acceptors (Lipinski definition) is 5. The number of likely N-dealkylation sites (tertiary alicyclic amines) is 1. The van der Waals surface area contributed by atoms with Gasteiger partial charge in [-0.05, 0) is 59.8 Å². The van der Waals surface area contributed by atoms with E-state index in [0.717, 1.165) is 18.2 Å². The molecule has 1 fully saturated rings. The molecule has 0 spiro atoms. The van der Waals surface area contributed by atoms with Gasteiger partial charge in [0.25, 0.3) is 0 Å². The Morgan fingerprint density at radius 3 is 2.40 bits per heavy atom. The summed E-state index contributed by atoms with van der Waals surface area (Å²) in [5.74, 6) is -4.77. The Hall–Kier alpha value is -4.52. The number of carbonyl (C=O) groups is 1. The predicted molar refractivity (Wildman–Crippen MR) is 193 cm³/mol. The minimum absolute atomic E-state index is 0.0204. The number of pyridine rings is 1. The highest BCUT2D eigenvalue weighted by molar-refractivity contribution is 7.98. The number of thioether (sulfide) groups is 1. The first-order chi connectivity index (χ1) is 29.8. The van der Waals surface area contributed by atoms with Crippen LogP contribution in [0.15, 0.2) is 107 Å². The Labute approximate surface area is 319 Å². The first-order valence-electron chi connectivity index (χ1n) is 22.0. The lowest BCUT2D eigenvalue weighted by Gasteiger charge is -2.39. The molecule has 0 aliphatic carbocycles. The Kier molecular flexibility index (Phi) is 7.80. The number of methoxy groups -OCH3 is 1. The van der Waals surface area contributed by atoms with Crippen LogP contribution in [-0.2, 0) is 34.5 Å². The van der Waals surface area contributed by atoms with E-state index in [1.54, 1.807) is 4.90 Å². The summed E-state index contributed by atoms with van der Waals surface area (Å²) in [7, 11) is -2.67. The van der Waals surface area contributed by atoms with Crippen molar-refractivity contribution in [2.45, 2.75) is 48.8 Å². The maximum Gasteiger partial charge on any atom is 0.416 e. The van der Waals surface area contributed by atoms with Gasteiger partial charge in [-0.3, -0.25) is 9.59 Å². The zero-order valence-corrected chi connectivity index (χ0v) is 28.1. The number of benzene rings is 4. The Balaban J connectivity index is 1.49. The van der Waals surface area contributed by atoms with Crippen LogP contribution in [0.1, 0.15) is 46.0 Å². The molecule has 1 saturated heterocycles.